The van der Waals surface area contributed by atoms with E-state index in [1.165, 1.54) is 11.3 Å². The van der Waals surface area contributed by atoms with Crippen molar-refractivity contribution in [3.63, 3.8) is 0 Å². The van der Waals surface area contributed by atoms with Gasteiger partial charge in [0.1, 0.15) is 17.4 Å². The monoisotopic (exact) mass is 449 g/mol. The van der Waals surface area contributed by atoms with Crippen molar-refractivity contribution in [2.45, 2.75) is 82.6 Å². The highest BCUT2D eigenvalue weighted by molar-refractivity contribution is 5.64. The van der Waals surface area contributed by atoms with E-state index in [1.54, 1.807) is 25.2 Å². The van der Waals surface area contributed by atoms with Crippen molar-refractivity contribution in [3.8, 4) is 11.8 Å². The quantitative estimate of drug-likeness (QED) is 0.492. The van der Waals surface area contributed by atoms with Gasteiger partial charge < -0.3 is 14.4 Å². The van der Waals surface area contributed by atoms with E-state index < -0.39 is 11.7 Å². The molecule has 1 heterocycles. The summed E-state index contributed by atoms with van der Waals surface area (Å²) in [5.41, 5.74) is -0.333. The molecule has 0 unspecified atom stereocenters. The molecule has 1 aromatic carbocycles. The van der Waals surface area contributed by atoms with Gasteiger partial charge >= 0.3 is 12.2 Å². The number of hydrogen-bond acceptors (Lipinski definition) is 5. The van der Waals surface area contributed by atoms with Gasteiger partial charge in [0.15, 0.2) is 5.82 Å². The van der Waals surface area contributed by atoms with Gasteiger partial charge in [-0.3, -0.25) is 0 Å². The van der Waals surface area contributed by atoms with Crippen molar-refractivity contribution in [1.82, 2.24) is 9.97 Å². The Morgan fingerprint density at radius 2 is 1.53 bits per heavy atom. The summed E-state index contributed by atoms with van der Waals surface area (Å²) in [5, 5.41) is 0. The van der Waals surface area contributed by atoms with Crippen molar-refractivity contribution in [2.75, 3.05) is 11.9 Å². The average Bonchev–Trinajstić information content (AvgIpc) is 2.79. The number of ether oxygens (including phenoxy) is 2. The van der Waals surface area contributed by atoms with Crippen molar-refractivity contribution in [1.29, 1.82) is 0 Å². The van der Waals surface area contributed by atoms with Crippen molar-refractivity contribution in [3.05, 3.63) is 36.0 Å². The lowest BCUT2D eigenvalue weighted by Gasteiger charge is -2.26. The first-order valence-electron chi connectivity index (χ1n) is 11.5. The van der Waals surface area contributed by atoms with E-state index in [9.17, 15) is 13.2 Å². The highest BCUT2D eigenvalue weighted by Crippen LogP contribution is 2.39. The number of anilines is 2. The molecule has 1 aromatic heterocycles. The SMILES string of the molecule is CN(c1cccc(OC2CCCCC2)c1)c1nc(OC2CCCCC2)ncc1C(F)(F)F. The fraction of sp³-hybridized carbons (Fsp3) is 0.583. The zero-order valence-electron chi connectivity index (χ0n) is 18.4. The molecule has 0 saturated heterocycles. The molecule has 0 N–H and O–H groups in total. The molecule has 5 nitrogen and oxygen atoms in total. The molecule has 0 radical (unpaired) electrons. The number of nitrogens with zero attached hydrogens (tertiary/aromatic N) is 3. The molecule has 4 rings (SSSR count). The molecule has 2 saturated carbocycles. The third-order valence-corrected chi connectivity index (χ3v) is 6.25. The van der Waals surface area contributed by atoms with Gasteiger partial charge in [-0.05, 0) is 63.5 Å². The minimum absolute atomic E-state index is 0.0126. The first-order chi connectivity index (χ1) is 15.4. The summed E-state index contributed by atoms with van der Waals surface area (Å²) in [6.45, 7) is 0. The highest BCUT2D eigenvalue weighted by atomic mass is 19.4. The van der Waals surface area contributed by atoms with Crippen molar-refractivity contribution >= 4 is 11.5 Å². The lowest BCUT2D eigenvalue weighted by molar-refractivity contribution is -0.137. The van der Waals surface area contributed by atoms with Gasteiger partial charge in [-0.2, -0.15) is 18.2 Å². The van der Waals surface area contributed by atoms with Gasteiger partial charge in [0, 0.05) is 25.0 Å². The van der Waals surface area contributed by atoms with Crippen LogP contribution < -0.4 is 14.4 Å². The maximum Gasteiger partial charge on any atom is 0.421 e. The van der Waals surface area contributed by atoms with Gasteiger partial charge in [-0.25, -0.2) is 4.98 Å². The minimum atomic E-state index is -4.58. The molecule has 2 aliphatic rings. The van der Waals surface area contributed by atoms with E-state index in [-0.39, 0.29) is 24.0 Å². The Kier molecular flexibility index (Phi) is 7.06. The lowest BCUT2D eigenvalue weighted by atomic mass is 9.98. The zero-order chi connectivity index (χ0) is 22.6. The maximum atomic E-state index is 13.7. The first kappa shape index (κ1) is 22.7. The number of aromatic nitrogens is 2. The van der Waals surface area contributed by atoms with Crippen molar-refractivity contribution in [2.24, 2.45) is 0 Å². The molecule has 2 aliphatic carbocycles. The van der Waals surface area contributed by atoms with Crippen LogP contribution in [0.15, 0.2) is 30.5 Å². The Morgan fingerprint density at radius 3 is 2.16 bits per heavy atom. The van der Waals surface area contributed by atoms with Crippen LogP contribution in [-0.2, 0) is 6.18 Å². The van der Waals surface area contributed by atoms with Crippen LogP contribution in [0.25, 0.3) is 0 Å². The third-order valence-electron chi connectivity index (χ3n) is 6.25. The number of alkyl halides is 3. The number of hydrogen-bond donors (Lipinski definition) is 0. The van der Waals surface area contributed by atoms with E-state index in [4.69, 9.17) is 9.47 Å². The van der Waals surface area contributed by atoms with Crippen molar-refractivity contribution < 1.29 is 22.6 Å². The molecule has 0 amide bonds. The number of benzene rings is 1. The first-order valence-corrected chi connectivity index (χ1v) is 11.5. The van der Waals surface area contributed by atoms with Crippen LogP contribution >= 0.6 is 0 Å². The Morgan fingerprint density at radius 1 is 0.906 bits per heavy atom. The topological polar surface area (TPSA) is 47.5 Å². The molecule has 8 heteroatoms. The molecular formula is C24H30F3N3O2. The predicted molar refractivity (Wildman–Crippen MR) is 117 cm³/mol. The van der Waals surface area contributed by atoms with Gasteiger partial charge in [0.25, 0.3) is 0 Å². The summed E-state index contributed by atoms with van der Waals surface area (Å²) in [7, 11) is 1.57. The van der Waals surface area contributed by atoms with Gasteiger partial charge in [0.2, 0.25) is 0 Å². The number of rotatable bonds is 6. The van der Waals surface area contributed by atoms with Crippen LogP contribution in [0.5, 0.6) is 11.8 Å². The van der Waals surface area contributed by atoms with E-state index in [0.29, 0.717) is 11.4 Å². The Hall–Kier alpha value is -2.51. The van der Waals surface area contributed by atoms with Crippen LogP contribution in [0.3, 0.4) is 0 Å². The standard InChI is InChI=1S/C24H30F3N3O2/c1-30(17-9-8-14-20(15-17)31-18-10-4-2-5-11-18)22-21(24(25,26)27)16-28-23(29-22)32-19-12-6-3-7-13-19/h8-9,14-16,18-19H,2-7,10-13H2,1H3. The predicted octanol–water partition coefficient (Wildman–Crippen LogP) is 6.69. The van der Waals surface area contributed by atoms with E-state index in [1.807, 2.05) is 6.07 Å². The van der Waals surface area contributed by atoms with Gasteiger partial charge in [0.05, 0.1) is 6.10 Å². The molecule has 0 spiro atoms. The Labute approximate surface area is 187 Å². The second-order valence-corrected chi connectivity index (χ2v) is 8.70. The van der Waals surface area contributed by atoms with Gasteiger partial charge in [-0.1, -0.05) is 18.9 Å². The van der Waals surface area contributed by atoms with E-state index >= 15 is 0 Å². The minimum Gasteiger partial charge on any atom is -0.490 e. The maximum absolute atomic E-state index is 13.7. The largest absolute Gasteiger partial charge is 0.490 e. The molecule has 2 aromatic rings. The third kappa shape index (κ3) is 5.64. The normalized spacial score (nSPS) is 18.4. The molecule has 2 fully saturated rings. The number of halogens is 3. The highest BCUT2D eigenvalue weighted by Gasteiger charge is 2.37. The Balaban J connectivity index is 1.58. The van der Waals surface area contributed by atoms with Crippen LogP contribution in [0.4, 0.5) is 24.7 Å². The summed E-state index contributed by atoms with van der Waals surface area (Å²) in [4.78, 5) is 9.48. The van der Waals surface area contributed by atoms with Crippen LogP contribution in [0, 0.1) is 0 Å². The molecule has 0 aliphatic heterocycles. The molecule has 32 heavy (non-hydrogen) atoms. The summed E-state index contributed by atoms with van der Waals surface area (Å²) >= 11 is 0. The van der Waals surface area contributed by atoms with E-state index in [2.05, 4.69) is 9.97 Å². The van der Waals surface area contributed by atoms with Crippen LogP contribution in [-0.4, -0.2) is 29.2 Å². The summed E-state index contributed by atoms with van der Waals surface area (Å²) in [5.74, 6) is 0.427. The second-order valence-electron chi connectivity index (χ2n) is 8.70. The zero-order valence-corrected chi connectivity index (χ0v) is 18.4. The van der Waals surface area contributed by atoms with Crippen LogP contribution in [0.1, 0.15) is 69.8 Å². The molecular weight excluding hydrogens is 419 g/mol. The fourth-order valence-electron chi connectivity index (χ4n) is 4.46. The Bertz CT molecular complexity index is 894. The summed E-state index contributed by atoms with van der Waals surface area (Å²) in [6, 6.07) is 7.13. The summed E-state index contributed by atoms with van der Waals surface area (Å²) < 4.78 is 53.1. The average molecular weight is 450 g/mol. The molecule has 0 atom stereocenters. The second kappa shape index (κ2) is 9.96. The molecule has 0 bridgehead atoms. The lowest BCUT2D eigenvalue weighted by Crippen LogP contribution is -2.23. The smallest absolute Gasteiger partial charge is 0.421 e. The van der Waals surface area contributed by atoms with E-state index in [0.717, 1.165) is 64.0 Å². The molecule has 174 valence electrons. The van der Waals surface area contributed by atoms with Crippen LogP contribution in [0.2, 0.25) is 0 Å². The fourth-order valence-corrected chi connectivity index (χ4v) is 4.46. The van der Waals surface area contributed by atoms with Gasteiger partial charge in [-0.15, -0.1) is 0 Å². The summed E-state index contributed by atoms with van der Waals surface area (Å²) in [6.07, 6.45) is 6.86.